The van der Waals surface area contributed by atoms with Crippen molar-refractivity contribution in [1.82, 2.24) is 16.0 Å². The average molecular weight is 1290 g/mol. The number of aliphatic hydroxyl groups is 4. The van der Waals surface area contributed by atoms with Crippen LogP contribution < -0.4 is 16.0 Å². The number of ketones is 1. The number of hydrogen-bond donors (Lipinski definition) is 7. The standard InChI is InChI=1S/C73H131N3O15/c1-5-6-7-8-9-10-11-12-13-14-15-16-17-18-19-25-43-76-71(84)90-59-38-40-72(3)57(54-59)33-34-60-62-36-35-61(73(62,4)41-39-63(60)72)56(2)32-37-66(80)74-42-26-20-22-29-58(78)30-24-28-46-86-49-48-85-45-27-21-23-31-65(79)75-44-47-87-50-51-88-52-53-89-70-69(83)68(82)67(81)64(55-77)91-70/h12-13,56-57,59-64,67-70,77,81-83H,5-11,14-55H2,1-4H3,(H,74,80)(H,75,79)(H,76,84)/b13-12-/t56-,57?,59-,60?,61-,62?,63?,64?,67-,68+,69?,70+,72+,73-/m1/s1. The van der Waals surface area contributed by atoms with E-state index in [1.807, 2.05) is 0 Å². The molecule has 0 spiro atoms. The first-order valence-electron chi connectivity index (χ1n) is 37.1. The Morgan fingerprint density at radius 1 is 0.538 bits per heavy atom. The van der Waals surface area contributed by atoms with Crippen LogP contribution in [-0.2, 0) is 47.5 Å². The molecule has 6 unspecified atom stereocenters. The Kier molecular flexibility index (Phi) is 40.2. The van der Waals surface area contributed by atoms with Crippen LogP contribution in [0.4, 0.5) is 4.79 Å². The maximum atomic E-state index is 13.0. The lowest BCUT2D eigenvalue weighted by Crippen LogP contribution is -2.59. The molecule has 1 heterocycles. The van der Waals surface area contributed by atoms with Gasteiger partial charge in [0.15, 0.2) is 6.29 Å². The van der Waals surface area contributed by atoms with Gasteiger partial charge in [0.2, 0.25) is 11.8 Å². The topological polar surface area (TPSA) is 250 Å². The molecule has 1 aliphatic heterocycles. The minimum Gasteiger partial charge on any atom is -0.446 e. The van der Waals surface area contributed by atoms with Gasteiger partial charge < -0.3 is 69.5 Å². The van der Waals surface area contributed by atoms with Crippen molar-refractivity contribution in [2.45, 2.75) is 296 Å². The molecule has 3 amide bonds. The zero-order valence-electron chi connectivity index (χ0n) is 57.5. The quantitative estimate of drug-likeness (QED) is 0.0221. The summed E-state index contributed by atoms with van der Waals surface area (Å²) in [7, 11) is 0. The molecule has 0 aromatic carbocycles. The zero-order chi connectivity index (χ0) is 65.4. The second kappa shape index (κ2) is 46.4. The lowest BCUT2D eigenvalue weighted by Gasteiger charge is -2.61. The van der Waals surface area contributed by atoms with E-state index >= 15 is 0 Å². The van der Waals surface area contributed by atoms with Crippen LogP contribution in [0.1, 0.15) is 259 Å². The number of aliphatic hydroxyl groups excluding tert-OH is 4. The van der Waals surface area contributed by atoms with Gasteiger partial charge in [0.25, 0.3) is 0 Å². The second-order valence-corrected chi connectivity index (χ2v) is 28.4. The molecular weight excluding hydrogens is 1160 g/mol. The van der Waals surface area contributed by atoms with Gasteiger partial charge in [-0.1, -0.05) is 110 Å². The summed E-state index contributed by atoms with van der Waals surface area (Å²) in [6.45, 7) is 14.6. The zero-order valence-corrected chi connectivity index (χ0v) is 57.5. The molecule has 5 rings (SSSR count). The van der Waals surface area contributed by atoms with E-state index < -0.39 is 37.3 Å². The number of hydrogen-bond acceptors (Lipinski definition) is 15. The van der Waals surface area contributed by atoms with Crippen LogP contribution in [0, 0.1) is 46.3 Å². The molecule has 4 aliphatic carbocycles. The van der Waals surface area contributed by atoms with Crippen LogP contribution in [0.5, 0.6) is 0 Å². The summed E-state index contributed by atoms with van der Waals surface area (Å²) < 4.78 is 39.0. The fourth-order valence-corrected chi connectivity index (χ4v) is 16.3. The number of fused-ring (bicyclic) bond motifs is 5. The summed E-state index contributed by atoms with van der Waals surface area (Å²) in [6.07, 6.45) is 37.0. The summed E-state index contributed by atoms with van der Waals surface area (Å²) in [5.41, 5.74) is 0.694. The third kappa shape index (κ3) is 29.2. The average Bonchev–Trinajstić information content (AvgIpc) is 1.72. The molecule has 1 saturated heterocycles. The van der Waals surface area contributed by atoms with Crippen LogP contribution in [0.15, 0.2) is 12.2 Å². The molecule has 4 saturated carbocycles. The van der Waals surface area contributed by atoms with E-state index in [1.165, 1.54) is 128 Å². The Balaban J connectivity index is 0.763. The highest BCUT2D eigenvalue weighted by Crippen LogP contribution is 2.68. The summed E-state index contributed by atoms with van der Waals surface area (Å²) in [6, 6.07) is 0. The first-order chi connectivity index (χ1) is 44.2. The summed E-state index contributed by atoms with van der Waals surface area (Å²) >= 11 is 0. The first kappa shape index (κ1) is 78.9. The van der Waals surface area contributed by atoms with Crippen molar-refractivity contribution in [3.05, 3.63) is 12.2 Å². The Bertz CT molecular complexity index is 1980. The van der Waals surface area contributed by atoms with Crippen LogP contribution in [0.3, 0.4) is 0 Å². The highest BCUT2D eigenvalue weighted by atomic mass is 16.7. The Labute approximate surface area is 550 Å². The van der Waals surface area contributed by atoms with Crippen molar-refractivity contribution < 1.29 is 72.8 Å². The number of allylic oxidation sites excluding steroid dienone is 2. The van der Waals surface area contributed by atoms with Gasteiger partial charge in [0, 0.05) is 58.5 Å². The summed E-state index contributed by atoms with van der Waals surface area (Å²) in [5.74, 6) is 4.62. The van der Waals surface area contributed by atoms with E-state index in [2.05, 4.69) is 55.8 Å². The third-order valence-electron chi connectivity index (χ3n) is 21.7. The van der Waals surface area contributed by atoms with Crippen LogP contribution in [-0.4, -0.2) is 167 Å². The Hall–Kier alpha value is -2.78. The second-order valence-electron chi connectivity index (χ2n) is 28.4. The van der Waals surface area contributed by atoms with Gasteiger partial charge in [0.1, 0.15) is 36.3 Å². The van der Waals surface area contributed by atoms with Gasteiger partial charge in [0.05, 0.1) is 52.9 Å². The van der Waals surface area contributed by atoms with Crippen molar-refractivity contribution in [3.63, 3.8) is 0 Å². The van der Waals surface area contributed by atoms with Crippen molar-refractivity contribution in [2.75, 3.05) is 85.7 Å². The summed E-state index contributed by atoms with van der Waals surface area (Å²) in [5, 5.41) is 48.0. The highest BCUT2D eigenvalue weighted by Gasteiger charge is 2.61. The molecule has 5 aliphatic rings. The van der Waals surface area contributed by atoms with Gasteiger partial charge in [-0.3, -0.25) is 14.4 Å². The van der Waals surface area contributed by atoms with Crippen LogP contribution in [0.2, 0.25) is 0 Å². The van der Waals surface area contributed by atoms with Gasteiger partial charge in [-0.25, -0.2) is 4.79 Å². The molecule has 18 nitrogen and oxygen atoms in total. The number of Topliss-reactive ketones (excluding diaryl/α,β-unsaturated/α-hetero) is 1. The number of carbonyl (C=O) groups is 4. The molecule has 0 radical (unpaired) electrons. The molecule has 528 valence electrons. The van der Waals surface area contributed by atoms with Gasteiger partial charge in [-0.15, -0.1) is 0 Å². The maximum Gasteiger partial charge on any atom is 0.407 e. The number of carbonyl (C=O) groups excluding carboxylic acids is 4. The van der Waals surface area contributed by atoms with E-state index in [-0.39, 0.29) is 37.2 Å². The smallest absolute Gasteiger partial charge is 0.407 e. The molecular formula is C73H131N3O15. The Morgan fingerprint density at radius 2 is 1.09 bits per heavy atom. The third-order valence-corrected chi connectivity index (χ3v) is 21.7. The SMILES string of the molecule is CCCCCCCC/C=C\CCCCCCCCNC(=O)O[C@@H]1CC[C@@]2(C)C(CCC3C2CC[C@@]2(C)C3CC[C@@H]2[C@H](C)CCC(=O)NCCCCCC(=O)CCCCOCCOCCCCCC(=O)NCCOCCOCCO[C@H]2OC(CO)[C@@H](O)[C@H](O)C2O)C1. The van der Waals surface area contributed by atoms with Gasteiger partial charge >= 0.3 is 6.09 Å². The molecule has 7 N–H and O–H groups in total. The van der Waals surface area contributed by atoms with Crippen LogP contribution in [0.25, 0.3) is 0 Å². The first-order valence-corrected chi connectivity index (χ1v) is 37.1. The monoisotopic (exact) mass is 1290 g/mol. The van der Waals surface area contributed by atoms with E-state index in [4.69, 9.17) is 33.2 Å². The van der Waals surface area contributed by atoms with E-state index in [0.717, 1.165) is 94.8 Å². The summed E-state index contributed by atoms with van der Waals surface area (Å²) in [4.78, 5) is 50.6. The maximum absolute atomic E-state index is 13.0. The number of alkyl carbamates (subject to hydrolysis) is 1. The lowest BCUT2D eigenvalue weighted by atomic mass is 9.44. The number of unbranched alkanes of at least 4 members (excludes halogenated alkanes) is 17. The number of nitrogens with one attached hydrogen (secondary N) is 3. The normalized spacial score (nSPS) is 28.3. The predicted molar refractivity (Wildman–Crippen MR) is 356 cm³/mol. The molecule has 0 aromatic rings. The largest absolute Gasteiger partial charge is 0.446 e. The fourth-order valence-electron chi connectivity index (χ4n) is 16.3. The molecule has 0 aromatic heterocycles. The fraction of sp³-hybridized carbons (Fsp3) is 0.918. The molecule has 0 bridgehead atoms. The number of amides is 3. The van der Waals surface area contributed by atoms with Gasteiger partial charge in [-0.05, 0) is 181 Å². The van der Waals surface area contributed by atoms with Gasteiger partial charge in [-0.2, -0.15) is 0 Å². The number of rotatable bonds is 52. The molecule has 14 atom stereocenters. The van der Waals surface area contributed by atoms with Crippen molar-refractivity contribution in [2.24, 2.45) is 46.3 Å². The molecule has 18 heteroatoms. The van der Waals surface area contributed by atoms with E-state index in [0.29, 0.717) is 126 Å². The van der Waals surface area contributed by atoms with E-state index in [1.54, 1.807) is 0 Å². The molecule has 91 heavy (non-hydrogen) atoms. The lowest BCUT2D eigenvalue weighted by molar-refractivity contribution is -0.302. The predicted octanol–water partition coefficient (Wildman–Crippen LogP) is 12.2. The highest BCUT2D eigenvalue weighted by molar-refractivity contribution is 5.78. The molecule has 5 fully saturated rings. The Morgan fingerprint density at radius 3 is 1.79 bits per heavy atom. The van der Waals surface area contributed by atoms with E-state index in [9.17, 15) is 39.6 Å². The van der Waals surface area contributed by atoms with Crippen molar-refractivity contribution in [1.29, 1.82) is 0 Å². The van der Waals surface area contributed by atoms with Crippen molar-refractivity contribution >= 4 is 23.7 Å². The van der Waals surface area contributed by atoms with Crippen molar-refractivity contribution in [3.8, 4) is 0 Å². The van der Waals surface area contributed by atoms with Crippen LogP contribution >= 0.6 is 0 Å². The number of ether oxygens (including phenoxy) is 7. The minimum atomic E-state index is -1.49. The minimum absolute atomic E-state index is 0.0229.